The highest BCUT2D eigenvalue weighted by Crippen LogP contribution is 2.16. The first-order valence-corrected chi connectivity index (χ1v) is 9.05. The molecule has 0 aromatic heterocycles. The van der Waals surface area contributed by atoms with E-state index in [4.69, 9.17) is 23.8 Å². The van der Waals surface area contributed by atoms with Crippen LogP contribution in [0.5, 0.6) is 0 Å². The summed E-state index contributed by atoms with van der Waals surface area (Å²) in [5.41, 5.74) is 1.30. The molecule has 136 valence electrons. The highest BCUT2D eigenvalue weighted by atomic mass is 35.5. The Hall–Kier alpha value is -2.44. The van der Waals surface area contributed by atoms with Gasteiger partial charge in [0.25, 0.3) is 11.8 Å². The number of para-hydroxylation sites is 1. The van der Waals surface area contributed by atoms with Crippen molar-refractivity contribution in [3.63, 3.8) is 0 Å². The van der Waals surface area contributed by atoms with Gasteiger partial charge in [0, 0.05) is 6.54 Å². The zero-order valence-electron chi connectivity index (χ0n) is 14.3. The van der Waals surface area contributed by atoms with E-state index < -0.39 is 5.91 Å². The number of rotatable bonds is 6. The van der Waals surface area contributed by atoms with Crippen molar-refractivity contribution in [2.45, 2.75) is 19.8 Å². The molecule has 0 radical (unpaired) electrons. The number of hydrogen-bond acceptors (Lipinski definition) is 3. The van der Waals surface area contributed by atoms with Crippen molar-refractivity contribution in [1.82, 2.24) is 10.6 Å². The van der Waals surface area contributed by atoms with E-state index in [1.165, 1.54) is 0 Å². The summed E-state index contributed by atoms with van der Waals surface area (Å²) in [6.45, 7) is 2.67. The highest BCUT2D eigenvalue weighted by Gasteiger charge is 2.14. The van der Waals surface area contributed by atoms with Gasteiger partial charge in [0.15, 0.2) is 5.11 Å². The smallest absolute Gasteiger partial charge is 0.258 e. The van der Waals surface area contributed by atoms with E-state index in [1.54, 1.807) is 48.5 Å². The van der Waals surface area contributed by atoms with Crippen LogP contribution in [-0.4, -0.2) is 23.5 Å². The Balaban J connectivity index is 2.04. The van der Waals surface area contributed by atoms with Crippen LogP contribution >= 0.6 is 23.8 Å². The molecule has 26 heavy (non-hydrogen) atoms. The Labute approximate surface area is 163 Å². The molecule has 5 nitrogen and oxygen atoms in total. The summed E-state index contributed by atoms with van der Waals surface area (Å²) < 4.78 is 0. The van der Waals surface area contributed by atoms with Gasteiger partial charge in [-0.3, -0.25) is 14.9 Å². The molecule has 0 atom stereocenters. The summed E-state index contributed by atoms with van der Waals surface area (Å²) in [5, 5.41) is 8.75. The van der Waals surface area contributed by atoms with Crippen LogP contribution < -0.4 is 16.0 Å². The maximum atomic E-state index is 12.3. The third-order valence-electron chi connectivity index (χ3n) is 3.58. The molecule has 0 saturated heterocycles. The number of nitrogens with one attached hydrogen (secondary N) is 3. The molecule has 2 aromatic rings. The number of hydrogen-bond donors (Lipinski definition) is 3. The number of anilines is 1. The average Bonchev–Trinajstić information content (AvgIpc) is 2.62. The van der Waals surface area contributed by atoms with Crippen LogP contribution in [0.15, 0.2) is 48.5 Å². The minimum absolute atomic E-state index is 0.0868. The lowest BCUT2D eigenvalue weighted by atomic mass is 10.1. The average molecular weight is 390 g/mol. The first-order valence-electron chi connectivity index (χ1n) is 8.27. The van der Waals surface area contributed by atoms with Crippen LogP contribution in [0.1, 0.15) is 40.5 Å². The van der Waals surface area contributed by atoms with Crippen molar-refractivity contribution in [3.8, 4) is 0 Å². The SMILES string of the molecule is CCCCNC(=O)c1ccccc1NC(=S)NC(=O)c1ccccc1Cl. The first-order chi connectivity index (χ1) is 12.5. The summed E-state index contributed by atoms with van der Waals surface area (Å²) in [6.07, 6.45) is 1.91. The molecule has 0 bridgehead atoms. The highest BCUT2D eigenvalue weighted by molar-refractivity contribution is 7.80. The Bertz CT molecular complexity index is 811. The zero-order valence-corrected chi connectivity index (χ0v) is 15.9. The number of amides is 2. The molecule has 0 heterocycles. The molecule has 2 aromatic carbocycles. The van der Waals surface area contributed by atoms with Crippen molar-refractivity contribution in [3.05, 3.63) is 64.7 Å². The number of halogens is 1. The van der Waals surface area contributed by atoms with Crippen molar-refractivity contribution in [1.29, 1.82) is 0 Å². The van der Waals surface area contributed by atoms with Gasteiger partial charge in [-0.1, -0.05) is 49.2 Å². The number of unbranched alkanes of at least 4 members (excludes halogenated alkanes) is 1. The second kappa shape index (κ2) is 9.89. The third kappa shape index (κ3) is 5.54. The minimum Gasteiger partial charge on any atom is -0.352 e. The summed E-state index contributed by atoms with van der Waals surface area (Å²) in [5.74, 6) is -0.611. The topological polar surface area (TPSA) is 70.2 Å². The van der Waals surface area contributed by atoms with Gasteiger partial charge in [-0.15, -0.1) is 0 Å². The normalized spacial score (nSPS) is 10.1. The predicted molar refractivity (Wildman–Crippen MR) is 109 cm³/mol. The third-order valence-corrected chi connectivity index (χ3v) is 4.12. The molecular weight excluding hydrogens is 370 g/mol. The molecule has 2 amide bonds. The standard InChI is InChI=1S/C19H20ClN3O2S/c1-2-3-12-21-17(24)14-9-5-7-11-16(14)22-19(26)23-18(25)13-8-4-6-10-15(13)20/h4-11H,2-3,12H2,1H3,(H,21,24)(H2,22,23,25,26). The van der Waals surface area contributed by atoms with Crippen molar-refractivity contribution >= 4 is 46.4 Å². The number of thiocarbonyl (C=S) groups is 1. The Morgan fingerprint density at radius 1 is 1.00 bits per heavy atom. The van der Waals surface area contributed by atoms with E-state index in [0.717, 1.165) is 12.8 Å². The molecule has 0 spiro atoms. The molecular formula is C19H20ClN3O2S. The second-order valence-electron chi connectivity index (χ2n) is 5.54. The molecule has 0 aliphatic rings. The van der Waals surface area contributed by atoms with Crippen molar-refractivity contribution in [2.75, 3.05) is 11.9 Å². The van der Waals surface area contributed by atoms with E-state index in [1.807, 2.05) is 0 Å². The largest absolute Gasteiger partial charge is 0.352 e. The fourth-order valence-corrected chi connectivity index (χ4v) is 2.66. The van der Waals surface area contributed by atoms with Crippen molar-refractivity contribution < 1.29 is 9.59 Å². The van der Waals surface area contributed by atoms with Crippen LogP contribution in [0.4, 0.5) is 5.69 Å². The Morgan fingerprint density at radius 3 is 2.35 bits per heavy atom. The fraction of sp³-hybridized carbons (Fsp3) is 0.211. The molecule has 0 saturated carbocycles. The molecule has 0 aliphatic heterocycles. The fourth-order valence-electron chi connectivity index (χ4n) is 2.23. The van der Waals surface area contributed by atoms with Crippen LogP contribution in [-0.2, 0) is 0 Å². The lowest BCUT2D eigenvalue weighted by Gasteiger charge is -2.14. The number of benzene rings is 2. The molecule has 0 aliphatic carbocycles. The lowest BCUT2D eigenvalue weighted by Crippen LogP contribution is -2.35. The van der Waals surface area contributed by atoms with Gasteiger partial charge in [-0.25, -0.2) is 0 Å². The quantitative estimate of drug-likeness (QED) is 0.516. The molecule has 0 unspecified atom stereocenters. The second-order valence-corrected chi connectivity index (χ2v) is 6.36. The van der Waals surface area contributed by atoms with Gasteiger partial charge in [-0.05, 0) is 42.9 Å². The van der Waals surface area contributed by atoms with Gasteiger partial charge in [0.2, 0.25) is 0 Å². The van der Waals surface area contributed by atoms with E-state index in [9.17, 15) is 9.59 Å². The number of carbonyl (C=O) groups excluding carboxylic acids is 2. The zero-order chi connectivity index (χ0) is 18.9. The van der Waals surface area contributed by atoms with Crippen LogP contribution in [0.3, 0.4) is 0 Å². The minimum atomic E-state index is -0.419. The predicted octanol–water partition coefficient (Wildman–Crippen LogP) is 4.00. The summed E-state index contributed by atoms with van der Waals surface area (Å²) >= 11 is 11.2. The maximum absolute atomic E-state index is 12.3. The van der Waals surface area contributed by atoms with Crippen molar-refractivity contribution in [2.24, 2.45) is 0 Å². The van der Waals surface area contributed by atoms with Crippen LogP contribution in [0.25, 0.3) is 0 Å². The molecule has 3 N–H and O–H groups in total. The maximum Gasteiger partial charge on any atom is 0.258 e. The molecule has 7 heteroatoms. The van der Waals surface area contributed by atoms with Crippen LogP contribution in [0, 0.1) is 0 Å². The van der Waals surface area contributed by atoms with Gasteiger partial charge in [-0.2, -0.15) is 0 Å². The molecule has 2 rings (SSSR count). The Morgan fingerprint density at radius 2 is 1.65 bits per heavy atom. The molecule has 0 fully saturated rings. The number of carbonyl (C=O) groups is 2. The lowest BCUT2D eigenvalue weighted by molar-refractivity contribution is 0.0952. The van der Waals surface area contributed by atoms with Gasteiger partial charge < -0.3 is 10.6 Å². The van der Waals surface area contributed by atoms with Gasteiger partial charge in [0.1, 0.15) is 0 Å². The van der Waals surface area contributed by atoms with E-state index in [2.05, 4.69) is 22.9 Å². The Kier molecular flexibility index (Phi) is 7.56. The van der Waals surface area contributed by atoms with E-state index >= 15 is 0 Å². The first kappa shape index (κ1) is 19.9. The van der Waals surface area contributed by atoms with Gasteiger partial charge >= 0.3 is 0 Å². The van der Waals surface area contributed by atoms with Crippen LogP contribution in [0.2, 0.25) is 5.02 Å². The summed E-state index contributed by atoms with van der Waals surface area (Å²) in [6, 6.07) is 13.7. The monoisotopic (exact) mass is 389 g/mol. The summed E-state index contributed by atoms with van der Waals surface area (Å²) in [4.78, 5) is 24.6. The van der Waals surface area contributed by atoms with E-state index in [-0.39, 0.29) is 11.0 Å². The summed E-state index contributed by atoms with van der Waals surface area (Å²) in [7, 11) is 0. The van der Waals surface area contributed by atoms with Gasteiger partial charge in [0.05, 0.1) is 21.8 Å². The van der Waals surface area contributed by atoms with E-state index in [0.29, 0.717) is 28.4 Å².